The third-order valence-electron chi connectivity index (χ3n) is 3.16. The minimum Gasteiger partial charge on any atom is -0.476 e. The molecule has 2 unspecified atom stereocenters. The molecule has 5 nitrogen and oxygen atoms in total. The number of nitrogen functional groups attached to an aromatic ring is 1. The van der Waals surface area contributed by atoms with E-state index in [1.54, 1.807) is 0 Å². The summed E-state index contributed by atoms with van der Waals surface area (Å²) in [6.45, 7) is 7.92. The lowest BCUT2D eigenvalue weighted by atomic mass is 10.1. The molecule has 2 heterocycles. The van der Waals surface area contributed by atoms with Crippen LogP contribution in [0.1, 0.15) is 27.2 Å². The Labute approximate surface area is 102 Å². The number of hydrogen-bond donors (Lipinski definition) is 1. The van der Waals surface area contributed by atoms with Crippen LogP contribution in [0.2, 0.25) is 0 Å². The number of ether oxygens (including phenoxy) is 1. The molecule has 2 N–H and O–H groups in total. The van der Waals surface area contributed by atoms with Gasteiger partial charge in [0.05, 0.1) is 6.61 Å². The fraction of sp³-hybridized carbons (Fsp3) is 0.667. The van der Waals surface area contributed by atoms with E-state index in [0.29, 0.717) is 30.1 Å². The lowest BCUT2D eigenvalue weighted by molar-refractivity contribution is 0.328. The zero-order chi connectivity index (χ0) is 12.4. The zero-order valence-corrected chi connectivity index (χ0v) is 10.7. The molecule has 1 aliphatic rings. The van der Waals surface area contributed by atoms with Crippen LogP contribution in [0.25, 0.3) is 0 Å². The van der Waals surface area contributed by atoms with Crippen LogP contribution in [-0.2, 0) is 0 Å². The molecular weight excluding hydrogens is 216 g/mol. The van der Waals surface area contributed by atoms with E-state index in [1.165, 1.54) is 12.7 Å². The molecule has 17 heavy (non-hydrogen) atoms. The molecule has 94 valence electrons. The number of rotatable bonds is 3. The van der Waals surface area contributed by atoms with Crippen molar-refractivity contribution in [3.63, 3.8) is 0 Å². The molecule has 1 aliphatic heterocycles. The van der Waals surface area contributed by atoms with Crippen LogP contribution in [0.3, 0.4) is 0 Å². The van der Waals surface area contributed by atoms with E-state index in [1.807, 2.05) is 6.92 Å². The third kappa shape index (κ3) is 2.28. The second-order valence-electron chi connectivity index (χ2n) is 4.69. The monoisotopic (exact) mass is 236 g/mol. The van der Waals surface area contributed by atoms with Crippen LogP contribution < -0.4 is 15.4 Å². The van der Waals surface area contributed by atoms with E-state index in [0.717, 1.165) is 12.4 Å². The molecule has 0 aromatic carbocycles. The highest BCUT2D eigenvalue weighted by Crippen LogP contribution is 2.34. The maximum Gasteiger partial charge on any atom is 0.242 e. The SMILES string of the molecule is CCOc1ncnc(N2CC(C)CC2C)c1N. The lowest BCUT2D eigenvalue weighted by Gasteiger charge is -2.24. The summed E-state index contributed by atoms with van der Waals surface area (Å²) in [6, 6.07) is 0.469. The fourth-order valence-corrected chi connectivity index (χ4v) is 2.45. The van der Waals surface area contributed by atoms with Crippen LogP contribution in [-0.4, -0.2) is 29.2 Å². The van der Waals surface area contributed by atoms with E-state index in [4.69, 9.17) is 10.5 Å². The van der Waals surface area contributed by atoms with Crippen molar-refractivity contribution in [2.75, 3.05) is 23.8 Å². The van der Waals surface area contributed by atoms with Gasteiger partial charge < -0.3 is 15.4 Å². The van der Waals surface area contributed by atoms with Gasteiger partial charge >= 0.3 is 0 Å². The van der Waals surface area contributed by atoms with E-state index in [-0.39, 0.29) is 0 Å². The van der Waals surface area contributed by atoms with Crippen molar-refractivity contribution in [3.8, 4) is 5.88 Å². The predicted molar refractivity (Wildman–Crippen MR) is 68.2 cm³/mol. The zero-order valence-electron chi connectivity index (χ0n) is 10.7. The van der Waals surface area contributed by atoms with Crippen LogP contribution in [0.5, 0.6) is 5.88 Å². The van der Waals surface area contributed by atoms with Crippen molar-refractivity contribution in [1.82, 2.24) is 9.97 Å². The number of hydrogen-bond acceptors (Lipinski definition) is 5. The average Bonchev–Trinajstić information content (AvgIpc) is 2.61. The maximum absolute atomic E-state index is 6.07. The topological polar surface area (TPSA) is 64.3 Å². The van der Waals surface area contributed by atoms with Crippen LogP contribution in [0, 0.1) is 5.92 Å². The standard InChI is InChI=1S/C12H20N4O/c1-4-17-12-10(13)11(14-7-15-12)16-6-8(2)5-9(16)3/h7-9H,4-6,13H2,1-3H3. The summed E-state index contributed by atoms with van der Waals surface area (Å²) < 4.78 is 5.40. The van der Waals surface area contributed by atoms with Gasteiger partial charge in [0.15, 0.2) is 5.82 Å². The highest BCUT2D eigenvalue weighted by atomic mass is 16.5. The fourth-order valence-electron chi connectivity index (χ4n) is 2.45. The first-order chi connectivity index (χ1) is 8.13. The minimum absolute atomic E-state index is 0.469. The van der Waals surface area contributed by atoms with E-state index in [9.17, 15) is 0 Å². The molecule has 2 rings (SSSR count). The van der Waals surface area contributed by atoms with E-state index in [2.05, 4.69) is 28.7 Å². The van der Waals surface area contributed by atoms with Crippen LogP contribution in [0.15, 0.2) is 6.33 Å². The highest BCUT2D eigenvalue weighted by molar-refractivity contribution is 5.68. The average molecular weight is 236 g/mol. The van der Waals surface area contributed by atoms with Gasteiger partial charge in [0.2, 0.25) is 5.88 Å². The van der Waals surface area contributed by atoms with Crippen molar-refractivity contribution in [2.45, 2.75) is 33.2 Å². The molecule has 5 heteroatoms. The molecule has 0 amide bonds. The Morgan fingerprint density at radius 1 is 1.47 bits per heavy atom. The first-order valence-electron chi connectivity index (χ1n) is 6.13. The Kier molecular flexibility index (Phi) is 3.36. The Morgan fingerprint density at radius 3 is 2.82 bits per heavy atom. The minimum atomic E-state index is 0.469. The van der Waals surface area contributed by atoms with Gasteiger partial charge in [-0.2, -0.15) is 4.98 Å². The van der Waals surface area contributed by atoms with Gasteiger partial charge in [-0.25, -0.2) is 4.98 Å². The van der Waals surface area contributed by atoms with Gasteiger partial charge in [-0.1, -0.05) is 6.92 Å². The molecule has 0 spiro atoms. The number of nitrogens with two attached hydrogens (primary N) is 1. The molecular formula is C12H20N4O. The summed E-state index contributed by atoms with van der Waals surface area (Å²) in [4.78, 5) is 10.6. The van der Waals surface area contributed by atoms with Crippen molar-refractivity contribution >= 4 is 11.5 Å². The first kappa shape index (κ1) is 12.0. The van der Waals surface area contributed by atoms with Gasteiger partial charge in [0, 0.05) is 12.6 Å². The van der Waals surface area contributed by atoms with Crippen LogP contribution >= 0.6 is 0 Å². The summed E-state index contributed by atoms with van der Waals surface area (Å²) in [5, 5.41) is 0. The molecule has 0 aliphatic carbocycles. The van der Waals surface area contributed by atoms with Gasteiger partial charge in [0.25, 0.3) is 0 Å². The summed E-state index contributed by atoms with van der Waals surface area (Å²) in [6.07, 6.45) is 2.69. The quantitative estimate of drug-likeness (QED) is 0.865. The lowest BCUT2D eigenvalue weighted by Crippen LogP contribution is -2.28. The maximum atomic E-state index is 6.07. The molecule has 2 atom stereocenters. The van der Waals surface area contributed by atoms with Crippen molar-refractivity contribution < 1.29 is 4.74 Å². The summed E-state index contributed by atoms with van der Waals surface area (Å²) in [7, 11) is 0. The number of anilines is 2. The molecule has 1 saturated heterocycles. The number of nitrogens with zero attached hydrogens (tertiary/aromatic N) is 3. The molecule has 1 aromatic heterocycles. The highest BCUT2D eigenvalue weighted by Gasteiger charge is 2.29. The molecule has 1 aromatic rings. The molecule has 0 radical (unpaired) electrons. The van der Waals surface area contributed by atoms with Crippen molar-refractivity contribution in [2.24, 2.45) is 5.92 Å². The Hall–Kier alpha value is -1.52. The molecule has 0 bridgehead atoms. The Morgan fingerprint density at radius 2 is 2.24 bits per heavy atom. The third-order valence-corrected chi connectivity index (χ3v) is 3.16. The first-order valence-corrected chi connectivity index (χ1v) is 6.13. The predicted octanol–water partition coefficient (Wildman–Crippen LogP) is 1.69. The second-order valence-corrected chi connectivity index (χ2v) is 4.69. The largest absolute Gasteiger partial charge is 0.476 e. The van der Waals surface area contributed by atoms with Gasteiger partial charge in [0.1, 0.15) is 12.0 Å². The van der Waals surface area contributed by atoms with Crippen molar-refractivity contribution in [1.29, 1.82) is 0 Å². The summed E-state index contributed by atoms with van der Waals surface area (Å²) in [5.74, 6) is 1.97. The molecule has 0 saturated carbocycles. The summed E-state index contributed by atoms with van der Waals surface area (Å²) >= 11 is 0. The van der Waals surface area contributed by atoms with Crippen molar-refractivity contribution in [3.05, 3.63) is 6.33 Å². The number of aromatic nitrogens is 2. The Bertz CT molecular complexity index is 396. The Balaban J connectivity index is 2.29. The normalized spacial score (nSPS) is 24.1. The van der Waals surface area contributed by atoms with E-state index < -0.39 is 0 Å². The smallest absolute Gasteiger partial charge is 0.242 e. The van der Waals surface area contributed by atoms with Gasteiger partial charge in [-0.15, -0.1) is 0 Å². The van der Waals surface area contributed by atoms with E-state index >= 15 is 0 Å². The summed E-state index contributed by atoms with van der Waals surface area (Å²) in [5.41, 5.74) is 6.62. The van der Waals surface area contributed by atoms with Crippen LogP contribution in [0.4, 0.5) is 11.5 Å². The van der Waals surface area contributed by atoms with Gasteiger partial charge in [-0.3, -0.25) is 0 Å². The molecule has 1 fully saturated rings. The second kappa shape index (κ2) is 4.77. The van der Waals surface area contributed by atoms with Gasteiger partial charge in [-0.05, 0) is 26.2 Å².